The normalized spacial score (nSPS) is 11.1. The maximum absolute atomic E-state index is 11.3. The van der Waals surface area contributed by atoms with Crippen LogP contribution in [0.4, 0.5) is 4.79 Å². The standard InChI is InChI=1S/C13H20NO4P/c1-19(2,16)18-10-6-9-14-13(15)17-11-12-7-4-3-5-8-12/h3-5,7-8H,6,9-11H2,1-2H3,(H,14,15). The van der Waals surface area contributed by atoms with Crippen LogP contribution in [0.25, 0.3) is 0 Å². The Balaban J connectivity index is 2.07. The van der Waals surface area contributed by atoms with E-state index in [0.29, 0.717) is 19.6 Å². The Morgan fingerprint density at radius 2 is 1.95 bits per heavy atom. The summed E-state index contributed by atoms with van der Waals surface area (Å²) in [7, 11) is -2.43. The Hall–Kier alpha value is -1.32. The molecule has 0 saturated heterocycles. The first-order valence-electron chi connectivity index (χ1n) is 6.11. The third-order valence-corrected chi connectivity index (χ3v) is 3.01. The third-order valence-electron chi connectivity index (χ3n) is 2.21. The second-order valence-corrected chi connectivity index (χ2v) is 7.19. The first kappa shape index (κ1) is 15.7. The molecule has 1 aromatic carbocycles. The molecule has 0 radical (unpaired) electrons. The molecule has 0 aliphatic carbocycles. The first-order valence-corrected chi connectivity index (χ1v) is 8.63. The molecule has 0 saturated carbocycles. The van der Waals surface area contributed by atoms with E-state index in [0.717, 1.165) is 5.56 Å². The monoisotopic (exact) mass is 285 g/mol. The zero-order valence-corrected chi connectivity index (χ0v) is 12.2. The number of ether oxygens (including phenoxy) is 1. The van der Waals surface area contributed by atoms with E-state index in [4.69, 9.17) is 9.26 Å². The van der Waals surface area contributed by atoms with Crippen molar-refractivity contribution in [1.82, 2.24) is 5.32 Å². The average Bonchev–Trinajstić information content (AvgIpc) is 2.36. The lowest BCUT2D eigenvalue weighted by Crippen LogP contribution is -2.25. The molecule has 0 unspecified atom stereocenters. The summed E-state index contributed by atoms with van der Waals surface area (Å²) in [5.74, 6) is 0. The first-order chi connectivity index (χ1) is 8.97. The van der Waals surface area contributed by atoms with Crippen molar-refractivity contribution in [2.24, 2.45) is 0 Å². The van der Waals surface area contributed by atoms with Crippen LogP contribution in [0.1, 0.15) is 12.0 Å². The predicted molar refractivity (Wildman–Crippen MR) is 74.7 cm³/mol. The van der Waals surface area contributed by atoms with Gasteiger partial charge in [-0.3, -0.25) is 4.57 Å². The number of rotatable bonds is 7. The molecule has 1 aromatic rings. The Morgan fingerprint density at radius 1 is 1.26 bits per heavy atom. The average molecular weight is 285 g/mol. The van der Waals surface area contributed by atoms with Crippen LogP contribution in [0.5, 0.6) is 0 Å². The number of amides is 1. The number of carbonyl (C=O) groups is 1. The van der Waals surface area contributed by atoms with Crippen LogP contribution in [-0.2, 0) is 20.4 Å². The van der Waals surface area contributed by atoms with E-state index in [-0.39, 0.29) is 6.61 Å². The van der Waals surface area contributed by atoms with Gasteiger partial charge in [0.25, 0.3) is 0 Å². The quantitative estimate of drug-likeness (QED) is 0.618. The van der Waals surface area contributed by atoms with Crippen molar-refractivity contribution in [2.45, 2.75) is 13.0 Å². The highest BCUT2D eigenvalue weighted by Gasteiger charge is 2.06. The molecule has 106 valence electrons. The van der Waals surface area contributed by atoms with Crippen molar-refractivity contribution in [3.8, 4) is 0 Å². The smallest absolute Gasteiger partial charge is 0.407 e. The highest BCUT2D eigenvalue weighted by atomic mass is 31.2. The number of benzene rings is 1. The zero-order chi connectivity index (χ0) is 14.1. The van der Waals surface area contributed by atoms with Gasteiger partial charge in [0.05, 0.1) is 6.61 Å². The fraction of sp³-hybridized carbons (Fsp3) is 0.462. The highest BCUT2D eigenvalue weighted by molar-refractivity contribution is 7.57. The molecule has 0 atom stereocenters. The van der Waals surface area contributed by atoms with E-state index >= 15 is 0 Å². The lowest BCUT2D eigenvalue weighted by molar-refractivity contribution is 0.139. The molecule has 0 aliphatic heterocycles. The van der Waals surface area contributed by atoms with Crippen molar-refractivity contribution in [3.05, 3.63) is 35.9 Å². The Kier molecular flexibility index (Phi) is 6.60. The molecular formula is C13H20NO4P. The maximum atomic E-state index is 11.3. The van der Waals surface area contributed by atoms with E-state index in [1.165, 1.54) is 0 Å². The molecule has 0 aromatic heterocycles. The summed E-state index contributed by atoms with van der Waals surface area (Å²) < 4.78 is 21.4. The van der Waals surface area contributed by atoms with Crippen LogP contribution in [0.15, 0.2) is 30.3 Å². The number of nitrogens with one attached hydrogen (secondary N) is 1. The summed E-state index contributed by atoms with van der Waals surface area (Å²) in [5, 5.41) is 2.61. The second-order valence-electron chi connectivity index (χ2n) is 4.43. The van der Waals surface area contributed by atoms with Crippen molar-refractivity contribution < 1.29 is 18.6 Å². The summed E-state index contributed by atoms with van der Waals surface area (Å²) in [4.78, 5) is 11.3. The molecule has 0 fully saturated rings. The van der Waals surface area contributed by atoms with Crippen LogP contribution in [0.2, 0.25) is 0 Å². The lowest BCUT2D eigenvalue weighted by atomic mass is 10.2. The molecular weight excluding hydrogens is 265 g/mol. The molecule has 1 N–H and O–H groups in total. The van der Waals surface area contributed by atoms with E-state index < -0.39 is 13.5 Å². The summed E-state index contributed by atoms with van der Waals surface area (Å²) in [6, 6.07) is 9.47. The van der Waals surface area contributed by atoms with Crippen LogP contribution in [-0.4, -0.2) is 32.6 Å². The van der Waals surface area contributed by atoms with E-state index in [1.54, 1.807) is 13.3 Å². The predicted octanol–water partition coefficient (Wildman–Crippen LogP) is 2.86. The molecule has 5 nitrogen and oxygen atoms in total. The molecule has 6 heteroatoms. The summed E-state index contributed by atoms with van der Waals surface area (Å²) in [6.07, 6.45) is 0.145. The van der Waals surface area contributed by atoms with Gasteiger partial charge in [-0.2, -0.15) is 0 Å². The molecule has 1 amide bonds. The maximum Gasteiger partial charge on any atom is 0.407 e. The molecule has 19 heavy (non-hydrogen) atoms. The van der Waals surface area contributed by atoms with E-state index in [9.17, 15) is 9.36 Å². The molecule has 1 rings (SSSR count). The molecule has 0 spiro atoms. The Bertz CT molecular complexity index is 430. The number of hydrogen-bond acceptors (Lipinski definition) is 4. The number of alkyl carbamates (subject to hydrolysis) is 1. The van der Waals surface area contributed by atoms with Gasteiger partial charge in [-0.1, -0.05) is 30.3 Å². The summed E-state index contributed by atoms with van der Waals surface area (Å²) in [5.41, 5.74) is 0.943. The Morgan fingerprint density at radius 3 is 2.58 bits per heavy atom. The molecule has 0 heterocycles. The fourth-order valence-corrected chi connectivity index (χ4v) is 1.89. The third kappa shape index (κ3) is 8.41. The van der Waals surface area contributed by atoms with E-state index in [2.05, 4.69) is 5.32 Å². The van der Waals surface area contributed by atoms with Crippen molar-refractivity contribution in [1.29, 1.82) is 0 Å². The molecule has 0 bridgehead atoms. The second kappa shape index (κ2) is 7.97. The fourth-order valence-electron chi connectivity index (χ4n) is 1.32. The Labute approximate surface area is 113 Å². The topological polar surface area (TPSA) is 64.6 Å². The van der Waals surface area contributed by atoms with Gasteiger partial charge in [0.2, 0.25) is 0 Å². The van der Waals surface area contributed by atoms with E-state index in [1.807, 2.05) is 30.3 Å². The minimum atomic E-state index is -2.43. The van der Waals surface area contributed by atoms with Gasteiger partial charge < -0.3 is 14.6 Å². The van der Waals surface area contributed by atoms with Crippen LogP contribution in [0.3, 0.4) is 0 Å². The lowest BCUT2D eigenvalue weighted by Gasteiger charge is -2.09. The van der Waals surface area contributed by atoms with Gasteiger partial charge in [0.1, 0.15) is 6.61 Å². The summed E-state index contributed by atoms with van der Waals surface area (Å²) in [6.45, 7) is 4.18. The minimum absolute atomic E-state index is 0.252. The summed E-state index contributed by atoms with van der Waals surface area (Å²) >= 11 is 0. The van der Waals surface area contributed by atoms with Gasteiger partial charge in [-0.05, 0) is 12.0 Å². The number of carbonyl (C=O) groups excluding carboxylic acids is 1. The van der Waals surface area contributed by atoms with Gasteiger partial charge in [0.15, 0.2) is 7.37 Å². The van der Waals surface area contributed by atoms with Crippen LogP contribution in [0, 0.1) is 0 Å². The SMILES string of the molecule is CP(C)(=O)OCCCNC(=O)OCc1ccccc1. The van der Waals surface area contributed by atoms with Crippen molar-refractivity contribution >= 4 is 13.5 Å². The van der Waals surface area contributed by atoms with Crippen molar-refractivity contribution in [2.75, 3.05) is 26.5 Å². The van der Waals surface area contributed by atoms with Crippen molar-refractivity contribution in [3.63, 3.8) is 0 Å². The molecule has 0 aliphatic rings. The minimum Gasteiger partial charge on any atom is -0.445 e. The van der Waals surface area contributed by atoms with Gasteiger partial charge >= 0.3 is 6.09 Å². The van der Waals surface area contributed by atoms with Gasteiger partial charge in [0, 0.05) is 19.9 Å². The largest absolute Gasteiger partial charge is 0.445 e. The number of hydrogen-bond donors (Lipinski definition) is 1. The zero-order valence-electron chi connectivity index (χ0n) is 11.3. The van der Waals surface area contributed by atoms with Gasteiger partial charge in [-0.15, -0.1) is 0 Å². The highest BCUT2D eigenvalue weighted by Crippen LogP contribution is 2.36. The van der Waals surface area contributed by atoms with Crippen LogP contribution >= 0.6 is 7.37 Å². The van der Waals surface area contributed by atoms with Crippen LogP contribution < -0.4 is 5.32 Å². The van der Waals surface area contributed by atoms with Gasteiger partial charge in [-0.25, -0.2) is 4.79 Å².